The maximum atomic E-state index is 5.52. The van der Waals surface area contributed by atoms with Crippen LogP contribution < -0.4 is 14.8 Å². The molecule has 100 valence electrons. The fourth-order valence-electron chi connectivity index (χ4n) is 2.68. The lowest BCUT2D eigenvalue weighted by molar-refractivity contribution is 0.353. The number of hydrogen-bond acceptors (Lipinski definition) is 4. The molecule has 3 rings (SSSR count). The summed E-state index contributed by atoms with van der Waals surface area (Å²) in [5.74, 6) is 2.63. The quantitative estimate of drug-likeness (QED) is 0.902. The van der Waals surface area contributed by atoms with Crippen molar-refractivity contribution in [3.8, 4) is 11.5 Å². The number of aryl methyl sites for hydroxylation is 1. The molecule has 2 aliphatic rings. The Balaban J connectivity index is 2.07. The third kappa shape index (κ3) is 2.07. The average Bonchev–Trinajstić information content (AvgIpc) is 2.99. The molecule has 1 aromatic rings. The maximum Gasteiger partial charge on any atom is 0.168 e. The van der Waals surface area contributed by atoms with Crippen molar-refractivity contribution < 1.29 is 9.47 Å². The molecule has 0 fully saturated rings. The van der Waals surface area contributed by atoms with E-state index in [9.17, 15) is 0 Å². The molecule has 4 heteroatoms. The molecule has 0 bridgehead atoms. The summed E-state index contributed by atoms with van der Waals surface area (Å²) >= 11 is 0. The van der Waals surface area contributed by atoms with Crippen LogP contribution in [-0.2, 0) is 6.42 Å². The Morgan fingerprint density at radius 3 is 2.74 bits per heavy atom. The molecular formula is C15H18N2O2. The van der Waals surface area contributed by atoms with Crippen LogP contribution in [0.2, 0.25) is 0 Å². The Bertz CT molecular complexity index is 562. The number of amidine groups is 1. The first-order valence-electron chi connectivity index (χ1n) is 6.56. The summed E-state index contributed by atoms with van der Waals surface area (Å²) in [4.78, 5) is 4.50. The van der Waals surface area contributed by atoms with Crippen LogP contribution in [0.15, 0.2) is 22.7 Å². The van der Waals surface area contributed by atoms with Crippen LogP contribution in [0, 0.1) is 0 Å². The highest BCUT2D eigenvalue weighted by molar-refractivity contribution is 6.04. The van der Waals surface area contributed by atoms with Gasteiger partial charge in [-0.1, -0.05) is 6.07 Å². The summed E-state index contributed by atoms with van der Waals surface area (Å²) < 4.78 is 10.9. The number of fused-ring (bicyclic) bond motifs is 1. The number of hydrogen-bond donors (Lipinski definition) is 1. The first kappa shape index (κ1) is 12.1. The minimum Gasteiger partial charge on any atom is -0.493 e. The van der Waals surface area contributed by atoms with Crippen LogP contribution >= 0.6 is 0 Å². The number of rotatable bonds is 3. The Morgan fingerprint density at radius 1 is 1.16 bits per heavy atom. The fraction of sp³-hybridized carbons (Fsp3) is 0.400. The Morgan fingerprint density at radius 2 is 2.05 bits per heavy atom. The van der Waals surface area contributed by atoms with Gasteiger partial charge in [0, 0.05) is 12.1 Å². The van der Waals surface area contributed by atoms with Gasteiger partial charge >= 0.3 is 0 Å². The summed E-state index contributed by atoms with van der Waals surface area (Å²) in [7, 11) is 3.35. The highest BCUT2D eigenvalue weighted by atomic mass is 16.5. The number of nitrogens with zero attached hydrogens (tertiary/aromatic N) is 1. The van der Waals surface area contributed by atoms with E-state index in [2.05, 4.69) is 22.5 Å². The summed E-state index contributed by atoms with van der Waals surface area (Å²) in [5, 5.41) is 3.33. The largest absolute Gasteiger partial charge is 0.493 e. The number of aliphatic imine (C=N–C) groups is 1. The molecule has 1 aromatic carbocycles. The molecule has 4 nitrogen and oxygen atoms in total. The SMILES string of the molecule is COc1ccc2c(c1OC)C=C(C1=NCCN1)CC2. The highest BCUT2D eigenvalue weighted by Crippen LogP contribution is 2.38. The maximum absolute atomic E-state index is 5.52. The van der Waals surface area contributed by atoms with Crippen LogP contribution in [0.1, 0.15) is 17.5 Å². The molecule has 0 saturated carbocycles. The molecule has 19 heavy (non-hydrogen) atoms. The van der Waals surface area contributed by atoms with E-state index in [0.29, 0.717) is 0 Å². The summed E-state index contributed by atoms with van der Waals surface area (Å²) in [6.45, 7) is 1.81. The second-order valence-electron chi connectivity index (χ2n) is 4.70. The minimum atomic E-state index is 0.778. The Hall–Kier alpha value is -1.97. The molecule has 1 heterocycles. The lowest BCUT2D eigenvalue weighted by atomic mass is 9.90. The number of methoxy groups -OCH3 is 2. The van der Waals surface area contributed by atoms with Gasteiger partial charge in [-0.3, -0.25) is 4.99 Å². The van der Waals surface area contributed by atoms with Crippen molar-refractivity contribution in [3.63, 3.8) is 0 Å². The van der Waals surface area contributed by atoms with Crippen LogP contribution in [0.4, 0.5) is 0 Å². The normalized spacial score (nSPS) is 17.2. The average molecular weight is 258 g/mol. The van der Waals surface area contributed by atoms with Gasteiger partial charge in [0.15, 0.2) is 11.5 Å². The topological polar surface area (TPSA) is 42.9 Å². The van der Waals surface area contributed by atoms with E-state index in [0.717, 1.165) is 48.8 Å². The van der Waals surface area contributed by atoms with Gasteiger partial charge in [0.25, 0.3) is 0 Å². The van der Waals surface area contributed by atoms with Gasteiger partial charge in [-0.15, -0.1) is 0 Å². The summed E-state index contributed by atoms with van der Waals surface area (Å²) in [5.41, 5.74) is 3.69. The smallest absolute Gasteiger partial charge is 0.168 e. The molecule has 0 amide bonds. The van der Waals surface area contributed by atoms with Crippen molar-refractivity contribution in [2.75, 3.05) is 27.3 Å². The number of benzene rings is 1. The summed E-state index contributed by atoms with van der Waals surface area (Å²) in [6.07, 6.45) is 4.22. The number of nitrogens with one attached hydrogen (secondary N) is 1. The molecule has 0 saturated heterocycles. The fourth-order valence-corrected chi connectivity index (χ4v) is 2.68. The van der Waals surface area contributed by atoms with Gasteiger partial charge in [-0.2, -0.15) is 0 Å². The van der Waals surface area contributed by atoms with Gasteiger partial charge in [0.1, 0.15) is 5.84 Å². The van der Waals surface area contributed by atoms with Gasteiger partial charge in [-0.05, 0) is 36.1 Å². The zero-order valence-electron chi connectivity index (χ0n) is 11.3. The van der Waals surface area contributed by atoms with E-state index < -0.39 is 0 Å². The van der Waals surface area contributed by atoms with E-state index >= 15 is 0 Å². The molecule has 0 spiro atoms. The highest BCUT2D eigenvalue weighted by Gasteiger charge is 2.21. The van der Waals surface area contributed by atoms with E-state index in [1.165, 1.54) is 11.1 Å². The minimum absolute atomic E-state index is 0.778. The van der Waals surface area contributed by atoms with E-state index in [1.807, 2.05) is 6.07 Å². The van der Waals surface area contributed by atoms with Crippen LogP contribution in [0.5, 0.6) is 11.5 Å². The first-order valence-corrected chi connectivity index (χ1v) is 6.56. The molecule has 1 aliphatic heterocycles. The molecule has 0 unspecified atom stereocenters. The van der Waals surface area contributed by atoms with Gasteiger partial charge < -0.3 is 14.8 Å². The lowest BCUT2D eigenvalue weighted by Gasteiger charge is -2.20. The van der Waals surface area contributed by atoms with Gasteiger partial charge in [0.05, 0.1) is 20.8 Å². The van der Waals surface area contributed by atoms with E-state index in [4.69, 9.17) is 9.47 Å². The molecule has 0 radical (unpaired) electrons. The third-order valence-electron chi connectivity index (χ3n) is 3.63. The molecular weight excluding hydrogens is 240 g/mol. The first-order chi connectivity index (χ1) is 9.33. The Kier molecular flexibility index (Phi) is 3.15. The van der Waals surface area contributed by atoms with Crippen LogP contribution in [0.3, 0.4) is 0 Å². The van der Waals surface area contributed by atoms with Crippen molar-refractivity contribution in [1.29, 1.82) is 0 Å². The Labute approximate surface area is 113 Å². The second-order valence-corrected chi connectivity index (χ2v) is 4.70. The van der Waals surface area contributed by atoms with Crippen molar-refractivity contribution >= 4 is 11.9 Å². The molecule has 0 atom stereocenters. The van der Waals surface area contributed by atoms with Crippen molar-refractivity contribution in [2.24, 2.45) is 4.99 Å². The standard InChI is InChI=1S/C15H18N2O2/c1-18-13-6-5-10-3-4-11(15-16-7-8-17-15)9-12(10)14(13)19-2/h5-6,9H,3-4,7-8H2,1-2H3,(H,16,17). The lowest BCUT2D eigenvalue weighted by Crippen LogP contribution is -2.22. The van der Waals surface area contributed by atoms with Gasteiger partial charge in [-0.25, -0.2) is 0 Å². The van der Waals surface area contributed by atoms with Crippen molar-refractivity contribution in [3.05, 3.63) is 28.8 Å². The molecule has 1 aliphatic carbocycles. The van der Waals surface area contributed by atoms with E-state index in [1.54, 1.807) is 14.2 Å². The summed E-state index contributed by atoms with van der Waals surface area (Å²) in [6, 6.07) is 4.09. The third-order valence-corrected chi connectivity index (χ3v) is 3.63. The zero-order valence-corrected chi connectivity index (χ0v) is 11.3. The molecule has 0 aromatic heterocycles. The number of ether oxygens (including phenoxy) is 2. The van der Waals surface area contributed by atoms with Crippen LogP contribution in [0.25, 0.3) is 6.08 Å². The van der Waals surface area contributed by atoms with Crippen LogP contribution in [-0.4, -0.2) is 33.1 Å². The van der Waals surface area contributed by atoms with Crippen molar-refractivity contribution in [2.45, 2.75) is 12.8 Å². The zero-order chi connectivity index (χ0) is 13.2. The molecule has 1 N–H and O–H groups in total. The predicted octanol–water partition coefficient (Wildman–Crippen LogP) is 2.04. The van der Waals surface area contributed by atoms with Crippen molar-refractivity contribution in [1.82, 2.24) is 5.32 Å². The second kappa shape index (κ2) is 4.96. The predicted molar refractivity (Wildman–Crippen MR) is 76.1 cm³/mol. The monoisotopic (exact) mass is 258 g/mol. The van der Waals surface area contributed by atoms with E-state index in [-0.39, 0.29) is 0 Å². The van der Waals surface area contributed by atoms with Gasteiger partial charge in [0.2, 0.25) is 0 Å².